The summed E-state index contributed by atoms with van der Waals surface area (Å²) in [6.07, 6.45) is 0. The third-order valence-electron chi connectivity index (χ3n) is 4.14. The lowest BCUT2D eigenvalue weighted by molar-refractivity contribution is 0.102. The summed E-state index contributed by atoms with van der Waals surface area (Å²) in [7, 11) is 0. The summed E-state index contributed by atoms with van der Waals surface area (Å²) < 4.78 is 13.1. The highest BCUT2D eigenvalue weighted by Gasteiger charge is 2.14. The number of carbonyl (C=O) groups excluding carboxylic acids is 1. The monoisotopic (exact) mass is 393 g/mol. The SMILES string of the molecule is Cc1nc(-c2ccc(C(=O)Nc3nc(-c4ccc(F)cc4)c(C)s3)cc2)n[nH]1. The summed E-state index contributed by atoms with van der Waals surface area (Å²) in [5.41, 5.74) is 2.87. The van der Waals surface area contributed by atoms with Gasteiger partial charge in [0.2, 0.25) is 0 Å². The molecule has 4 aromatic rings. The van der Waals surface area contributed by atoms with E-state index in [0.29, 0.717) is 16.5 Å². The topological polar surface area (TPSA) is 83.6 Å². The van der Waals surface area contributed by atoms with Crippen LogP contribution in [0.2, 0.25) is 0 Å². The number of benzene rings is 2. The van der Waals surface area contributed by atoms with Gasteiger partial charge in [-0.15, -0.1) is 11.3 Å². The molecular formula is C20H16FN5OS. The van der Waals surface area contributed by atoms with Gasteiger partial charge in [0, 0.05) is 21.6 Å². The highest BCUT2D eigenvalue weighted by molar-refractivity contribution is 7.16. The maximum Gasteiger partial charge on any atom is 0.257 e. The molecule has 140 valence electrons. The van der Waals surface area contributed by atoms with Crippen molar-refractivity contribution in [2.45, 2.75) is 13.8 Å². The van der Waals surface area contributed by atoms with Gasteiger partial charge in [-0.25, -0.2) is 14.4 Å². The quantitative estimate of drug-likeness (QED) is 0.531. The number of nitrogens with zero attached hydrogens (tertiary/aromatic N) is 3. The summed E-state index contributed by atoms with van der Waals surface area (Å²) in [5.74, 6) is 0.766. The molecule has 6 nitrogen and oxygen atoms in total. The molecule has 2 aromatic carbocycles. The van der Waals surface area contributed by atoms with Crippen molar-refractivity contribution in [2.75, 3.05) is 5.32 Å². The molecule has 2 aromatic heterocycles. The van der Waals surface area contributed by atoms with Crippen LogP contribution in [0.4, 0.5) is 9.52 Å². The molecule has 4 rings (SSSR count). The zero-order chi connectivity index (χ0) is 19.7. The minimum Gasteiger partial charge on any atom is -0.298 e. The van der Waals surface area contributed by atoms with E-state index in [1.54, 1.807) is 36.4 Å². The lowest BCUT2D eigenvalue weighted by Crippen LogP contribution is -2.11. The molecule has 0 atom stereocenters. The van der Waals surface area contributed by atoms with E-state index in [4.69, 9.17) is 0 Å². The van der Waals surface area contributed by atoms with Crippen molar-refractivity contribution in [1.29, 1.82) is 0 Å². The normalized spacial score (nSPS) is 10.8. The predicted molar refractivity (Wildman–Crippen MR) is 107 cm³/mol. The van der Waals surface area contributed by atoms with Crippen LogP contribution >= 0.6 is 11.3 Å². The van der Waals surface area contributed by atoms with Crippen molar-refractivity contribution in [3.63, 3.8) is 0 Å². The Hall–Kier alpha value is -3.39. The first kappa shape index (κ1) is 18.0. The molecule has 0 spiro atoms. The Bertz CT molecular complexity index is 1130. The summed E-state index contributed by atoms with van der Waals surface area (Å²) >= 11 is 1.38. The second-order valence-electron chi connectivity index (χ2n) is 6.21. The van der Waals surface area contributed by atoms with E-state index in [1.807, 2.05) is 13.8 Å². The smallest absolute Gasteiger partial charge is 0.257 e. The lowest BCUT2D eigenvalue weighted by atomic mass is 10.1. The fourth-order valence-corrected chi connectivity index (χ4v) is 3.57. The molecule has 2 heterocycles. The first-order valence-electron chi connectivity index (χ1n) is 8.54. The number of carbonyl (C=O) groups is 1. The summed E-state index contributed by atoms with van der Waals surface area (Å²) in [5, 5.41) is 10.2. The third kappa shape index (κ3) is 3.67. The van der Waals surface area contributed by atoms with Crippen molar-refractivity contribution < 1.29 is 9.18 Å². The van der Waals surface area contributed by atoms with Gasteiger partial charge in [-0.3, -0.25) is 15.2 Å². The number of halogens is 1. The minimum absolute atomic E-state index is 0.253. The molecule has 0 radical (unpaired) electrons. The third-order valence-corrected chi connectivity index (χ3v) is 5.02. The second kappa shape index (κ2) is 7.32. The van der Waals surface area contributed by atoms with E-state index in [2.05, 4.69) is 25.5 Å². The van der Waals surface area contributed by atoms with Gasteiger partial charge in [-0.2, -0.15) is 5.10 Å². The molecule has 0 saturated heterocycles. The Kier molecular flexibility index (Phi) is 4.70. The van der Waals surface area contributed by atoms with Crippen LogP contribution in [0.1, 0.15) is 21.1 Å². The van der Waals surface area contributed by atoms with Crippen LogP contribution in [-0.4, -0.2) is 26.1 Å². The number of thiazole rings is 1. The Morgan fingerprint density at radius 2 is 1.68 bits per heavy atom. The molecule has 0 aliphatic carbocycles. The van der Waals surface area contributed by atoms with E-state index in [9.17, 15) is 9.18 Å². The van der Waals surface area contributed by atoms with E-state index in [0.717, 1.165) is 27.5 Å². The van der Waals surface area contributed by atoms with Crippen molar-refractivity contribution >= 4 is 22.4 Å². The van der Waals surface area contributed by atoms with Crippen molar-refractivity contribution in [1.82, 2.24) is 20.2 Å². The first-order valence-corrected chi connectivity index (χ1v) is 9.35. The van der Waals surface area contributed by atoms with Gasteiger partial charge in [0.1, 0.15) is 11.6 Å². The van der Waals surface area contributed by atoms with Crippen LogP contribution in [0.5, 0.6) is 0 Å². The van der Waals surface area contributed by atoms with Gasteiger partial charge in [0.25, 0.3) is 5.91 Å². The van der Waals surface area contributed by atoms with Crippen molar-refractivity contribution in [3.8, 4) is 22.6 Å². The Morgan fingerprint density at radius 3 is 2.32 bits per heavy atom. The molecular weight excluding hydrogens is 377 g/mol. The number of anilines is 1. The number of hydrogen-bond acceptors (Lipinski definition) is 5. The molecule has 0 aliphatic rings. The predicted octanol–water partition coefficient (Wildman–Crippen LogP) is 4.60. The number of aromatic amines is 1. The number of aryl methyl sites for hydroxylation is 2. The highest BCUT2D eigenvalue weighted by atomic mass is 32.1. The van der Waals surface area contributed by atoms with E-state index in [1.165, 1.54) is 23.5 Å². The fraction of sp³-hybridized carbons (Fsp3) is 0.100. The standard InChI is InChI=1S/C20H16FN5OS/c1-11-17(13-7-9-16(21)10-8-13)23-20(28-11)24-19(27)15-5-3-14(4-6-15)18-22-12(2)25-26-18/h3-10H,1-2H3,(H,22,25,26)(H,23,24,27). The van der Waals surface area contributed by atoms with Crippen LogP contribution in [0.3, 0.4) is 0 Å². The van der Waals surface area contributed by atoms with E-state index >= 15 is 0 Å². The number of H-pyrrole nitrogens is 1. The van der Waals surface area contributed by atoms with Crippen molar-refractivity contribution in [2.24, 2.45) is 0 Å². The van der Waals surface area contributed by atoms with Gasteiger partial charge >= 0.3 is 0 Å². The molecule has 0 aliphatic heterocycles. The summed E-state index contributed by atoms with van der Waals surface area (Å²) in [4.78, 5) is 22.2. The Labute approximate surface area is 164 Å². The van der Waals surface area contributed by atoms with E-state index < -0.39 is 0 Å². The molecule has 0 unspecified atom stereocenters. The number of nitrogens with one attached hydrogen (secondary N) is 2. The van der Waals surface area contributed by atoms with E-state index in [-0.39, 0.29) is 11.7 Å². The number of amides is 1. The van der Waals surface area contributed by atoms with Gasteiger partial charge in [-0.05, 0) is 50.2 Å². The zero-order valence-electron chi connectivity index (χ0n) is 15.2. The number of rotatable bonds is 4. The van der Waals surface area contributed by atoms with Crippen LogP contribution in [0.15, 0.2) is 48.5 Å². The lowest BCUT2D eigenvalue weighted by Gasteiger charge is -2.02. The van der Waals surface area contributed by atoms with Crippen LogP contribution in [0, 0.1) is 19.7 Å². The van der Waals surface area contributed by atoms with Gasteiger partial charge < -0.3 is 0 Å². The van der Waals surface area contributed by atoms with Crippen LogP contribution in [-0.2, 0) is 0 Å². The number of aromatic nitrogens is 4. The van der Waals surface area contributed by atoms with Gasteiger partial charge in [-0.1, -0.05) is 12.1 Å². The first-order chi connectivity index (χ1) is 13.5. The van der Waals surface area contributed by atoms with Gasteiger partial charge in [0.15, 0.2) is 11.0 Å². The van der Waals surface area contributed by atoms with Crippen molar-refractivity contribution in [3.05, 3.63) is 70.6 Å². The second-order valence-corrected chi connectivity index (χ2v) is 7.41. The number of hydrogen-bond donors (Lipinski definition) is 2. The molecule has 8 heteroatoms. The largest absolute Gasteiger partial charge is 0.298 e. The maximum absolute atomic E-state index is 13.1. The van der Waals surface area contributed by atoms with Gasteiger partial charge in [0.05, 0.1) is 5.69 Å². The Morgan fingerprint density at radius 1 is 1.00 bits per heavy atom. The molecule has 28 heavy (non-hydrogen) atoms. The molecule has 1 amide bonds. The average Bonchev–Trinajstić information content (AvgIpc) is 3.28. The summed E-state index contributed by atoms with van der Waals surface area (Å²) in [6.45, 7) is 3.74. The zero-order valence-corrected chi connectivity index (χ0v) is 16.0. The molecule has 0 bridgehead atoms. The molecule has 0 saturated carbocycles. The summed E-state index contributed by atoms with van der Waals surface area (Å²) in [6, 6.07) is 13.2. The fourth-order valence-electron chi connectivity index (χ4n) is 2.74. The average molecular weight is 393 g/mol. The molecule has 2 N–H and O–H groups in total. The minimum atomic E-state index is -0.297. The maximum atomic E-state index is 13.1. The highest BCUT2D eigenvalue weighted by Crippen LogP contribution is 2.30. The van der Waals surface area contributed by atoms with Crippen LogP contribution in [0.25, 0.3) is 22.6 Å². The molecule has 0 fully saturated rings. The Balaban J connectivity index is 1.51. The van der Waals surface area contributed by atoms with Crippen LogP contribution < -0.4 is 5.32 Å².